The first-order valence-electron chi connectivity index (χ1n) is 6.34. The Balaban J connectivity index is 3.30. The van der Waals surface area contributed by atoms with Crippen LogP contribution in [0.1, 0.15) is 40.9 Å². The number of aldehydes is 1. The fraction of sp³-hybridized carbons (Fsp3) is 0.357. The van der Waals surface area contributed by atoms with Crippen molar-refractivity contribution in [1.29, 1.82) is 10.5 Å². The number of carbonyl (C=O) groups excluding carboxylic acids is 1. The lowest BCUT2D eigenvalue weighted by Gasteiger charge is -2.17. The normalized spacial score (nSPS) is 10.7. The Morgan fingerprint density at radius 1 is 1.14 bits per heavy atom. The summed E-state index contributed by atoms with van der Waals surface area (Å²) in [7, 11) is -3.38. The van der Waals surface area contributed by atoms with Crippen LogP contribution in [0.4, 0.5) is 0 Å². The molecule has 0 aromatic heterocycles. The van der Waals surface area contributed by atoms with Crippen LogP contribution in [0, 0.1) is 22.7 Å². The molecule has 0 radical (unpaired) electrons. The average molecular weight is 306 g/mol. The maximum Gasteiger partial charge on any atom is 0.335 e. The number of carbonyl (C=O) groups is 1. The van der Waals surface area contributed by atoms with E-state index in [2.05, 4.69) is 0 Å². The molecule has 0 atom stereocenters. The zero-order valence-corrected chi connectivity index (χ0v) is 12.7. The Labute approximate surface area is 123 Å². The Bertz CT molecular complexity index is 648. The first kappa shape index (κ1) is 17.1. The molecule has 0 bridgehead atoms. The van der Waals surface area contributed by atoms with E-state index in [1.54, 1.807) is 13.8 Å². The van der Waals surface area contributed by atoms with Crippen molar-refractivity contribution in [2.75, 3.05) is 13.2 Å². The van der Waals surface area contributed by atoms with Gasteiger partial charge in [0, 0.05) is 5.56 Å². The molecule has 21 heavy (non-hydrogen) atoms. The molecule has 110 valence electrons. The molecular formula is C14H15N2O4P. The summed E-state index contributed by atoms with van der Waals surface area (Å²) < 4.78 is 22.8. The third kappa shape index (κ3) is 4.24. The van der Waals surface area contributed by atoms with Crippen molar-refractivity contribution >= 4 is 13.9 Å². The van der Waals surface area contributed by atoms with Crippen LogP contribution in [0.3, 0.4) is 0 Å². The van der Waals surface area contributed by atoms with Crippen LogP contribution in [-0.4, -0.2) is 19.5 Å². The minimum Gasteiger partial charge on any atom is -0.309 e. The summed E-state index contributed by atoms with van der Waals surface area (Å²) in [6, 6.07) is 6.49. The second-order valence-corrected chi connectivity index (χ2v) is 6.10. The zero-order chi connectivity index (χ0) is 15.9. The van der Waals surface area contributed by atoms with E-state index in [9.17, 15) is 9.36 Å². The quantitative estimate of drug-likeness (QED) is 0.567. The number of hydrogen-bond acceptors (Lipinski definition) is 6. The predicted molar refractivity (Wildman–Crippen MR) is 75.8 cm³/mol. The Morgan fingerprint density at radius 2 is 1.71 bits per heavy atom. The highest BCUT2D eigenvalue weighted by atomic mass is 31.2. The van der Waals surface area contributed by atoms with Gasteiger partial charge in [0.05, 0.1) is 42.6 Å². The summed E-state index contributed by atoms with van der Waals surface area (Å²) in [5.41, 5.74) is 0.791. The molecule has 1 aromatic carbocycles. The maximum absolute atomic E-state index is 12.5. The number of rotatable bonds is 7. The van der Waals surface area contributed by atoms with Crippen molar-refractivity contribution in [2.45, 2.75) is 20.0 Å². The standard InChI is InChI=1S/C14H15N2O4P/c1-3-19-21(18,20-4-2)10-14-6-11(7-15)13(9-17)5-12(14)8-16/h5-6,9H,3-4,10H2,1-2H3. The van der Waals surface area contributed by atoms with E-state index in [-0.39, 0.29) is 36.1 Å². The van der Waals surface area contributed by atoms with Gasteiger partial charge in [-0.1, -0.05) is 0 Å². The molecule has 0 spiro atoms. The molecule has 0 fully saturated rings. The van der Waals surface area contributed by atoms with Gasteiger partial charge in [-0.3, -0.25) is 9.36 Å². The van der Waals surface area contributed by atoms with E-state index in [1.165, 1.54) is 12.1 Å². The van der Waals surface area contributed by atoms with Gasteiger partial charge in [-0.05, 0) is 31.5 Å². The molecule has 0 saturated carbocycles. The number of nitrogens with zero attached hydrogens (tertiary/aromatic N) is 2. The van der Waals surface area contributed by atoms with Gasteiger partial charge in [0.15, 0.2) is 6.29 Å². The van der Waals surface area contributed by atoms with Crippen molar-refractivity contribution in [1.82, 2.24) is 0 Å². The SMILES string of the molecule is CCOP(=O)(Cc1cc(C#N)c(C=O)cc1C#N)OCC. The van der Waals surface area contributed by atoms with Crippen molar-refractivity contribution < 1.29 is 18.4 Å². The highest BCUT2D eigenvalue weighted by Crippen LogP contribution is 2.51. The molecular weight excluding hydrogens is 291 g/mol. The van der Waals surface area contributed by atoms with Gasteiger partial charge in [-0.25, -0.2) is 0 Å². The second kappa shape index (κ2) is 7.71. The van der Waals surface area contributed by atoms with Crippen LogP contribution < -0.4 is 0 Å². The number of hydrogen-bond donors (Lipinski definition) is 0. The lowest BCUT2D eigenvalue weighted by Crippen LogP contribution is -2.02. The van der Waals surface area contributed by atoms with E-state index < -0.39 is 7.60 Å². The number of benzene rings is 1. The van der Waals surface area contributed by atoms with Crippen LogP contribution in [0.2, 0.25) is 0 Å². The third-order valence-electron chi connectivity index (χ3n) is 2.66. The van der Waals surface area contributed by atoms with Gasteiger partial charge in [-0.15, -0.1) is 0 Å². The summed E-state index contributed by atoms with van der Waals surface area (Å²) in [6.07, 6.45) is 0.388. The minimum atomic E-state index is -3.38. The van der Waals surface area contributed by atoms with Crippen LogP contribution in [0.25, 0.3) is 0 Å². The van der Waals surface area contributed by atoms with E-state index >= 15 is 0 Å². The van der Waals surface area contributed by atoms with Crippen molar-refractivity contribution in [3.8, 4) is 12.1 Å². The monoisotopic (exact) mass is 306 g/mol. The van der Waals surface area contributed by atoms with Gasteiger partial charge < -0.3 is 9.05 Å². The van der Waals surface area contributed by atoms with Crippen LogP contribution >= 0.6 is 7.60 Å². The third-order valence-corrected chi connectivity index (χ3v) is 4.69. The molecule has 0 aliphatic carbocycles. The van der Waals surface area contributed by atoms with E-state index in [0.717, 1.165) is 0 Å². The highest BCUT2D eigenvalue weighted by Gasteiger charge is 2.26. The first-order valence-corrected chi connectivity index (χ1v) is 8.06. The Morgan fingerprint density at radius 3 is 2.14 bits per heavy atom. The van der Waals surface area contributed by atoms with Gasteiger partial charge in [-0.2, -0.15) is 10.5 Å². The topological polar surface area (TPSA) is 100 Å². The van der Waals surface area contributed by atoms with Crippen LogP contribution in [0.5, 0.6) is 0 Å². The molecule has 0 N–H and O–H groups in total. The first-order chi connectivity index (χ1) is 10.0. The summed E-state index contributed by atoms with van der Waals surface area (Å²) in [5, 5.41) is 18.2. The van der Waals surface area contributed by atoms with Crippen LogP contribution in [-0.2, 0) is 19.8 Å². The molecule has 7 heteroatoms. The average Bonchev–Trinajstić information content (AvgIpc) is 2.47. The lowest BCUT2D eigenvalue weighted by molar-refractivity contribution is 0.112. The van der Waals surface area contributed by atoms with E-state index in [1.807, 2.05) is 12.1 Å². The largest absolute Gasteiger partial charge is 0.335 e. The van der Waals surface area contributed by atoms with Gasteiger partial charge in [0.2, 0.25) is 0 Å². The fourth-order valence-corrected chi connectivity index (χ4v) is 3.54. The molecule has 0 aliphatic heterocycles. The minimum absolute atomic E-state index is 0.120. The van der Waals surface area contributed by atoms with Gasteiger partial charge in [0.25, 0.3) is 0 Å². The Kier molecular flexibility index (Phi) is 6.27. The summed E-state index contributed by atoms with van der Waals surface area (Å²) in [6.45, 7) is 3.79. The summed E-state index contributed by atoms with van der Waals surface area (Å²) in [5.74, 6) is 0. The molecule has 1 aromatic rings. The lowest BCUT2D eigenvalue weighted by atomic mass is 10.0. The smallest absolute Gasteiger partial charge is 0.309 e. The molecule has 0 saturated heterocycles. The van der Waals surface area contributed by atoms with Gasteiger partial charge >= 0.3 is 7.60 Å². The fourth-order valence-electron chi connectivity index (χ4n) is 1.82. The summed E-state index contributed by atoms with van der Waals surface area (Å²) in [4.78, 5) is 10.9. The molecule has 0 aliphatic rings. The van der Waals surface area contributed by atoms with Crippen molar-refractivity contribution in [3.63, 3.8) is 0 Å². The zero-order valence-electron chi connectivity index (χ0n) is 11.8. The second-order valence-electron chi connectivity index (χ2n) is 4.04. The number of nitriles is 2. The van der Waals surface area contributed by atoms with Gasteiger partial charge in [0.1, 0.15) is 0 Å². The molecule has 0 heterocycles. The summed E-state index contributed by atoms with van der Waals surface area (Å²) >= 11 is 0. The van der Waals surface area contributed by atoms with Crippen LogP contribution in [0.15, 0.2) is 12.1 Å². The van der Waals surface area contributed by atoms with Crippen molar-refractivity contribution in [2.24, 2.45) is 0 Å². The highest BCUT2D eigenvalue weighted by molar-refractivity contribution is 7.53. The van der Waals surface area contributed by atoms with E-state index in [0.29, 0.717) is 11.8 Å². The predicted octanol–water partition coefficient (Wildman–Crippen LogP) is 3.01. The van der Waals surface area contributed by atoms with E-state index in [4.69, 9.17) is 19.6 Å². The van der Waals surface area contributed by atoms with Crippen molar-refractivity contribution in [3.05, 3.63) is 34.4 Å². The Hall–Kier alpha value is -1.98. The molecule has 6 nitrogen and oxygen atoms in total. The molecule has 1 rings (SSSR count). The molecule has 0 amide bonds. The maximum atomic E-state index is 12.5. The molecule has 0 unspecified atom stereocenters.